The van der Waals surface area contributed by atoms with Crippen LogP contribution < -0.4 is 4.74 Å². The first-order valence-electron chi connectivity index (χ1n) is 6.07. The van der Waals surface area contributed by atoms with Crippen LogP contribution >= 0.6 is 23.2 Å². The Labute approximate surface area is 131 Å². The van der Waals surface area contributed by atoms with Gasteiger partial charge in [0.1, 0.15) is 18.2 Å². The molecule has 6 heteroatoms. The number of nitrogens with zero attached hydrogens (tertiary/aromatic N) is 1. The van der Waals surface area contributed by atoms with E-state index < -0.39 is 5.82 Å². The fourth-order valence-electron chi connectivity index (χ4n) is 1.79. The first-order chi connectivity index (χ1) is 10.0. The van der Waals surface area contributed by atoms with E-state index in [4.69, 9.17) is 33.1 Å². The number of oxime groups is 1. The minimum Gasteiger partial charge on any atom is -0.488 e. The van der Waals surface area contributed by atoms with Gasteiger partial charge in [-0.05, 0) is 31.2 Å². The molecule has 0 spiro atoms. The lowest BCUT2D eigenvalue weighted by Gasteiger charge is -2.12. The molecular weight excluding hydrogens is 316 g/mol. The van der Waals surface area contributed by atoms with Gasteiger partial charge in [-0.3, -0.25) is 0 Å². The summed E-state index contributed by atoms with van der Waals surface area (Å²) in [5.74, 6) is -0.203. The molecule has 3 nitrogen and oxygen atoms in total. The van der Waals surface area contributed by atoms with Crippen molar-refractivity contribution in [3.8, 4) is 5.75 Å². The Morgan fingerprint density at radius 2 is 1.90 bits per heavy atom. The third-order valence-electron chi connectivity index (χ3n) is 2.92. The standard InChI is InChI=1S/C15H12Cl2FNO2/c1-9(19-20)11-6-5-10(18)7-15(11)21-8-12-13(16)3-2-4-14(12)17/h2-7,20H,8H2,1H3. The zero-order chi connectivity index (χ0) is 15.4. The molecule has 110 valence electrons. The molecule has 0 aliphatic rings. The molecule has 0 aliphatic heterocycles. The molecule has 0 aliphatic carbocycles. The van der Waals surface area contributed by atoms with Crippen LogP contribution in [0.1, 0.15) is 18.1 Å². The Morgan fingerprint density at radius 3 is 2.52 bits per heavy atom. The van der Waals surface area contributed by atoms with Crippen molar-refractivity contribution in [3.63, 3.8) is 0 Å². The minimum absolute atomic E-state index is 0.0771. The Morgan fingerprint density at radius 1 is 1.24 bits per heavy atom. The molecule has 0 unspecified atom stereocenters. The second-order valence-corrected chi connectivity index (χ2v) is 5.13. The van der Waals surface area contributed by atoms with E-state index in [9.17, 15) is 4.39 Å². The van der Waals surface area contributed by atoms with Gasteiger partial charge in [-0.2, -0.15) is 0 Å². The molecular formula is C15H12Cl2FNO2. The maximum atomic E-state index is 13.4. The van der Waals surface area contributed by atoms with Crippen LogP contribution in [-0.2, 0) is 6.61 Å². The minimum atomic E-state index is -0.454. The summed E-state index contributed by atoms with van der Waals surface area (Å²) in [7, 11) is 0. The Bertz CT molecular complexity index is 669. The maximum absolute atomic E-state index is 13.4. The van der Waals surface area contributed by atoms with E-state index in [0.29, 0.717) is 26.9 Å². The lowest BCUT2D eigenvalue weighted by Crippen LogP contribution is -2.04. The average molecular weight is 328 g/mol. The quantitative estimate of drug-likeness (QED) is 0.492. The van der Waals surface area contributed by atoms with E-state index in [-0.39, 0.29) is 12.4 Å². The highest BCUT2D eigenvalue weighted by molar-refractivity contribution is 6.35. The van der Waals surface area contributed by atoms with Gasteiger partial charge in [-0.1, -0.05) is 34.4 Å². The number of ether oxygens (including phenoxy) is 1. The molecule has 0 heterocycles. The molecule has 0 atom stereocenters. The van der Waals surface area contributed by atoms with Gasteiger partial charge in [-0.25, -0.2) is 4.39 Å². The Balaban J connectivity index is 2.30. The normalized spacial score (nSPS) is 11.5. The predicted octanol–water partition coefficient (Wildman–Crippen LogP) is 4.91. The summed E-state index contributed by atoms with van der Waals surface area (Å²) < 4.78 is 19.0. The molecule has 0 fully saturated rings. The van der Waals surface area contributed by atoms with E-state index in [1.807, 2.05) is 0 Å². The topological polar surface area (TPSA) is 41.8 Å². The molecule has 21 heavy (non-hydrogen) atoms. The van der Waals surface area contributed by atoms with Crippen molar-refractivity contribution < 1.29 is 14.3 Å². The van der Waals surface area contributed by atoms with Gasteiger partial charge >= 0.3 is 0 Å². The van der Waals surface area contributed by atoms with Crippen LogP contribution in [0, 0.1) is 5.82 Å². The summed E-state index contributed by atoms with van der Waals surface area (Å²) in [6.45, 7) is 1.66. The van der Waals surface area contributed by atoms with Crippen molar-refractivity contribution in [1.82, 2.24) is 0 Å². The molecule has 2 rings (SSSR count). The Kier molecular flexibility index (Phi) is 5.04. The van der Waals surface area contributed by atoms with Crippen molar-refractivity contribution in [1.29, 1.82) is 0 Å². The average Bonchev–Trinajstić information content (AvgIpc) is 2.46. The van der Waals surface area contributed by atoms with Gasteiger partial charge in [0.25, 0.3) is 0 Å². The molecule has 1 N–H and O–H groups in total. The second-order valence-electron chi connectivity index (χ2n) is 4.31. The van der Waals surface area contributed by atoms with E-state index in [0.717, 1.165) is 0 Å². The van der Waals surface area contributed by atoms with Gasteiger partial charge in [0, 0.05) is 27.2 Å². The SMILES string of the molecule is CC(=NO)c1ccc(F)cc1OCc1c(Cl)cccc1Cl. The van der Waals surface area contributed by atoms with Gasteiger partial charge in [-0.15, -0.1) is 0 Å². The zero-order valence-corrected chi connectivity index (χ0v) is 12.6. The Hall–Kier alpha value is -1.78. The van der Waals surface area contributed by atoms with Crippen molar-refractivity contribution >= 4 is 28.9 Å². The summed E-state index contributed by atoms with van der Waals surface area (Å²) in [6.07, 6.45) is 0. The van der Waals surface area contributed by atoms with Crippen LogP contribution in [0.15, 0.2) is 41.6 Å². The van der Waals surface area contributed by atoms with Gasteiger partial charge in [0.05, 0.1) is 5.71 Å². The predicted molar refractivity (Wildman–Crippen MR) is 81.2 cm³/mol. The summed E-state index contributed by atoms with van der Waals surface area (Å²) in [5, 5.41) is 12.9. The molecule has 0 saturated carbocycles. The fraction of sp³-hybridized carbons (Fsp3) is 0.133. The van der Waals surface area contributed by atoms with E-state index in [1.165, 1.54) is 18.2 Å². The van der Waals surface area contributed by atoms with Crippen LogP contribution in [0.5, 0.6) is 5.75 Å². The molecule has 0 saturated heterocycles. The van der Waals surface area contributed by atoms with Gasteiger partial charge in [0.2, 0.25) is 0 Å². The molecule has 2 aromatic rings. The van der Waals surface area contributed by atoms with E-state index in [2.05, 4.69) is 5.16 Å². The van der Waals surface area contributed by atoms with Gasteiger partial charge < -0.3 is 9.94 Å². The lowest BCUT2D eigenvalue weighted by molar-refractivity contribution is 0.302. The third-order valence-corrected chi connectivity index (χ3v) is 3.63. The van der Waals surface area contributed by atoms with Crippen molar-refractivity contribution in [2.75, 3.05) is 0 Å². The molecule has 0 aromatic heterocycles. The summed E-state index contributed by atoms with van der Waals surface area (Å²) in [4.78, 5) is 0. The highest BCUT2D eigenvalue weighted by atomic mass is 35.5. The largest absolute Gasteiger partial charge is 0.488 e. The second kappa shape index (κ2) is 6.78. The zero-order valence-electron chi connectivity index (χ0n) is 11.1. The first-order valence-corrected chi connectivity index (χ1v) is 6.82. The number of rotatable bonds is 4. The number of halogens is 3. The maximum Gasteiger partial charge on any atom is 0.131 e. The smallest absolute Gasteiger partial charge is 0.131 e. The number of benzene rings is 2. The number of hydrogen-bond donors (Lipinski definition) is 1. The van der Waals surface area contributed by atoms with Crippen LogP contribution in [0.4, 0.5) is 4.39 Å². The summed E-state index contributed by atoms with van der Waals surface area (Å²) >= 11 is 12.1. The van der Waals surface area contributed by atoms with Crippen LogP contribution in [0.25, 0.3) is 0 Å². The van der Waals surface area contributed by atoms with E-state index in [1.54, 1.807) is 25.1 Å². The van der Waals surface area contributed by atoms with Crippen molar-refractivity contribution in [2.45, 2.75) is 13.5 Å². The van der Waals surface area contributed by atoms with E-state index >= 15 is 0 Å². The summed E-state index contributed by atoms with van der Waals surface area (Å²) in [6, 6.07) is 9.07. The monoisotopic (exact) mass is 327 g/mol. The third kappa shape index (κ3) is 3.65. The lowest BCUT2D eigenvalue weighted by atomic mass is 10.1. The van der Waals surface area contributed by atoms with Crippen molar-refractivity contribution in [2.24, 2.45) is 5.16 Å². The van der Waals surface area contributed by atoms with Crippen LogP contribution in [0.3, 0.4) is 0 Å². The fourth-order valence-corrected chi connectivity index (χ4v) is 2.30. The highest BCUT2D eigenvalue weighted by Crippen LogP contribution is 2.27. The summed E-state index contributed by atoms with van der Waals surface area (Å²) in [5.41, 5.74) is 1.41. The first kappa shape index (κ1) is 15.6. The molecule has 0 amide bonds. The van der Waals surface area contributed by atoms with Crippen LogP contribution in [0.2, 0.25) is 10.0 Å². The van der Waals surface area contributed by atoms with Crippen molar-refractivity contribution in [3.05, 3.63) is 63.4 Å². The van der Waals surface area contributed by atoms with Gasteiger partial charge in [0.15, 0.2) is 0 Å². The van der Waals surface area contributed by atoms with Crippen LogP contribution in [-0.4, -0.2) is 10.9 Å². The molecule has 0 radical (unpaired) electrons. The molecule has 0 bridgehead atoms. The number of hydrogen-bond acceptors (Lipinski definition) is 3. The highest BCUT2D eigenvalue weighted by Gasteiger charge is 2.11. The molecule has 2 aromatic carbocycles.